The Balaban J connectivity index is 0.00000312. The van der Waals surface area contributed by atoms with E-state index in [1.54, 1.807) is 19.1 Å². The standard InChI is InChI=1S/C18H23N3O2S.HI/c1-4-14-6-5-7-16(11-14)21-18(19)20-12-15-8-9-17(13(2)10-15)24(3,22)23;/h5-11H,4,12H2,1-3H3,(H3,19,20,21);1H. The van der Waals surface area contributed by atoms with Gasteiger partial charge in [0, 0.05) is 11.9 Å². The van der Waals surface area contributed by atoms with Crippen molar-refractivity contribution in [3.8, 4) is 0 Å². The maximum Gasteiger partial charge on any atom is 0.193 e. The molecule has 2 rings (SSSR count). The van der Waals surface area contributed by atoms with E-state index in [0.717, 1.165) is 17.7 Å². The van der Waals surface area contributed by atoms with Crippen LogP contribution >= 0.6 is 24.0 Å². The molecular weight excluding hydrogens is 449 g/mol. The van der Waals surface area contributed by atoms with Gasteiger partial charge in [-0.15, -0.1) is 24.0 Å². The zero-order chi connectivity index (χ0) is 17.7. The smallest absolute Gasteiger partial charge is 0.193 e. The molecule has 0 atom stereocenters. The third-order valence-electron chi connectivity index (χ3n) is 3.68. The summed E-state index contributed by atoms with van der Waals surface area (Å²) in [5.41, 5.74) is 9.67. The summed E-state index contributed by atoms with van der Waals surface area (Å²) in [5.74, 6) is 0.327. The highest BCUT2D eigenvalue weighted by Gasteiger charge is 2.10. The highest BCUT2D eigenvalue weighted by Crippen LogP contribution is 2.17. The summed E-state index contributed by atoms with van der Waals surface area (Å²) in [6.07, 6.45) is 2.16. The SMILES string of the molecule is CCc1cccc(NC(N)=NCc2ccc(S(C)(=O)=O)c(C)c2)c1.I. The minimum Gasteiger partial charge on any atom is -0.370 e. The van der Waals surface area contributed by atoms with Gasteiger partial charge in [-0.3, -0.25) is 0 Å². The predicted octanol–water partition coefficient (Wildman–Crippen LogP) is 3.51. The molecule has 7 heteroatoms. The number of aliphatic imine (C=N–C) groups is 1. The van der Waals surface area contributed by atoms with Crippen molar-refractivity contribution >= 4 is 45.5 Å². The van der Waals surface area contributed by atoms with Crippen LogP contribution in [0, 0.1) is 6.92 Å². The van der Waals surface area contributed by atoms with Gasteiger partial charge in [0.05, 0.1) is 11.4 Å². The van der Waals surface area contributed by atoms with Crippen molar-refractivity contribution in [1.29, 1.82) is 0 Å². The van der Waals surface area contributed by atoms with E-state index in [2.05, 4.69) is 23.3 Å². The van der Waals surface area contributed by atoms with Gasteiger partial charge in [-0.2, -0.15) is 0 Å². The number of aryl methyl sites for hydroxylation is 2. The molecule has 5 nitrogen and oxygen atoms in total. The monoisotopic (exact) mass is 473 g/mol. The molecule has 0 fully saturated rings. The van der Waals surface area contributed by atoms with E-state index in [1.165, 1.54) is 11.8 Å². The van der Waals surface area contributed by atoms with Crippen LogP contribution in [0.3, 0.4) is 0 Å². The van der Waals surface area contributed by atoms with Crippen molar-refractivity contribution in [2.45, 2.75) is 31.7 Å². The second-order valence-corrected chi connectivity index (χ2v) is 7.74. The zero-order valence-corrected chi connectivity index (χ0v) is 17.8. The number of guanidine groups is 1. The summed E-state index contributed by atoms with van der Waals surface area (Å²) < 4.78 is 23.3. The minimum absolute atomic E-state index is 0. The molecular formula is C18H24IN3O2S. The lowest BCUT2D eigenvalue weighted by molar-refractivity contribution is 0.601. The second kappa shape index (κ2) is 9.19. The topological polar surface area (TPSA) is 84.5 Å². The lowest BCUT2D eigenvalue weighted by Gasteiger charge is -2.08. The van der Waals surface area contributed by atoms with Crippen LogP contribution < -0.4 is 11.1 Å². The van der Waals surface area contributed by atoms with Gasteiger partial charge in [-0.25, -0.2) is 13.4 Å². The summed E-state index contributed by atoms with van der Waals surface area (Å²) in [4.78, 5) is 4.66. The minimum atomic E-state index is -3.20. The quantitative estimate of drug-likeness (QED) is 0.396. The van der Waals surface area contributed by atoms with E-state index < -0.39 is 9.84 Å². The van der Waals surface area contributed by atoms with Crippen molar-refractivity contribution < 1.29 is 8.42 Å². The Hall–Kier alpha value is -1.61. The van der Waals surface area contributed by atoms with E-state index in [4.69, 9.17) is 5.73 Å². The van der Waals surface area contributed by atoms with E-state index in [1.807, 2.05) is 24.3 Å². The number of hydrogen-bond donors (Lipinski definition) is 2. The lowest BCUT2D eigenvalue weighted by atomic mass is 10.1. The number of hydrogen-bond acceptors (Lipinski definition) is 3. The van der Waals surface area contributed by atoms with Crippen LogP contribution in [0.5, 0.6) is 0 Å². The van der Waals surface area contributed by atoms with Gasteiger partial charge in [-0.1, -0.05) is 31.2 Å². The van der Waals surface area contributed by atoms with E-state index >= 15 is 0 Å². The van der Waals surface area contributed by atoms with Crippen LogP contribution in [0.4, 0.5) is 5.69 Å². The Morgan fingerprint density at radius 1 is 1.16 bits per heavy atom. The van der Waals surface area contributed by atoms with Crippen molar-refractivity contribution in [3.63, 3.8) is 0 Å². The molecule has 0 aliphatic rings. The van der Waals surface area contributed by atoms with Gasteiger partial charge in [0.2, 0.25) is 0 Å². The largest absolute Gasteiger partial charge is 0.370 e. The number of nitrogens with two attached hydrogens (primary N) is 1. The van der Waals surface area contributed by atoms with Crippen LogP contribution in [-0.4, -0.2) is 20.6 Å². The Bertz CT molecular complexity index is 864. The Labute approximate surface area is 166 Å². The summed E-state index contributed by atoms with van der Waals surface area (Å²) >= 11 is 0. The molecule has 0 heterocycles. The zero-order valence-electron chi connectivity index (χ0n) is 14.6. The number of rotatable bonds is 5. The van der Waals surface area contributed by atoms with Gasteiger partial charge in [0.25, 0.3) is 0 Å². The maximum atomic E-state index is 11.6. The van der Waals surface area contributed by atoms with Gasteiger partial charge in [0.1, 0.15) is 0 Å². The van der Waals surface area contributed by atoms with Crippen LogP contribution in [0.2, 0.25) is 0 Å². The molecule has 136 valence electrons. The summed E-state index contributed by atoms with van der Waals surface area (Å²) in [5, 5.41) is 3.07. The molecule has 0 bridgehead atoms. The number of sulfone groups is 1. The molecule has 2 aromatic rings. The van der Waals surface area contributed by atoms with Crippen LogP contribution in [0.1, 0.15) is 23.6 Å². The summed E-state index contributed by atoms with van der Waals surface area (Å²) in [6.45, 7) is 4.26. The molecule has 0 amide bonds. The molecule has 0 aliphatic heterocycles. The van der Waals surface area contributed by atoms with Crippen LogP contribution in [0.25, 0.3) is 0 Å². The first-order valence-corrected chi connectivity index (χ1v) is 9.64. The molecule has 3 N–H and O–H groups in total. The molecule has 25 heavy (non-hydrogen) atoms. The fraction of sp³-hybridized carbons (Fsp3) is 0.278. The lowest BCUT2D eigenvalue weighted by Crippen LogP contribution is -2.22. The molecule has 0 saturated heterocycles. The average Bonchev–Trinajstić information content (AvgIpc) is 2.52. The fourth-order valence-electron chi connectivity index (χ4n) is 2.46. The molecule has 2 aromatic carbocycles. The highest BCUT2D eigenvalue weighted by molar-refractivity contribution is 14.0. The molecule has 0 radical (unpaired) electrons. The van der Waals surface area contributed by atoms with Crippen molar-refractivity contribution in [2.24, 2.45) is 10.7 Å². The first-order chi connectivity index (χ1) is 11.3. The molecule has 0 aliphatic carbocycles. The number of benzene rings is 2. The van der Waals surface area contributed by atoms with Crippen molar-refractivity contribution in [2.75, 3.05) is 11.6 Å². The number of halogens is 1. The van der Waals surface area contributed by atoms with Gasteiger partial charge in [0.15, 0.2) is 15.8 Å². The van der Waals surface area contributed by atoms with Crippen LogP contribution in [0.15, 0.2) is 52.4 Å². The third-order valence-corrected chi connectivity index (χ3v) is 4.94. The van der Waals surface area contributed by atoms with E-state index in [-0.39, 0.29) is 24.0 Å². The summed E-state index contributed by atoms with van der Waals surface area (Å²) in [7, 11) is -3.20. The van der Waals surface area contributed by atoms with Gasteiger partial charge >= 0.3 is 0 Å². The Morgan fingerprint density at radius 3 is 2.48 bits per heavy atom. The fourth-order valence-corrected chi connectivity index (χ4v) is 3.42. The Morgan fingerprint density at radius 2 is 1.88 bits per heavy atom. The van der Waals surface area contributed by atoms with Crippen LogP contribution in [-0.2, 0) is 22.8 Å². The first kappa shape index (κ1) is 21.4. The van der Waals surface area contributed by atoms with E-state index in [0.29, 0.717) is 23.0 Å². The Kier molecular flexibility index (Phi) is 7.88. The van der Waals surface area contributed by atoms with Gasteiger partial charge < -0.3 is 11.1 Å². The summed E-state index contributed by atoms with van der Waals surface area (Å²) in [6, 6.07) is 13.2. The predicted molar refractivity (Wildman–Crippen MR) is 114 cm³/mol. The molecule has 0 saturated carbocycles. The third kappa shape index (κ3) is 6.32. The molecule has 0 spiro atoms. The number of nitrogens with one attached hydrogen (secondary N) is 1. The first-order valence-electron chi connectivity index (χ1n) is 7.75. The van der Waals surface area contributed by atoms with Crippen molar-refractivity contribution in [3.05, 3.63) is 59.2 Å². The number of anilines is 1. The second-order valence-electron chi connectivity index (χ2n) is 5.75. The molecule has 0 aromatic heterocycles. The normalized spacial score (nSPS) is 11.7. The average molecular weight is 473 g/mol. The molecule has 0 unspecified atom stereocenters. The highest BCUT2D eigenvalue weighted by atomic mass is 127. The van der Waals surface area contributed by atoms with Crippen molar-refractivity contribution in [1.82, 2.24) is 0 Å². The van der Waals surface area contributed by atoms with E-state index in [9.17, 15) is 8.42 Å². The maximum absolute atomic E-state index is 11.6. The number of nitrogens with zero attached hydrogens (tertiary/aromatic N) is 1. The van der Waals surface area contributed by atoms with Gasteiger partial charge in [-0.05, 0) is 48.2 Å².